The van der Waals surface area contributed by atoms with Gasteiger partial charge in [-0.25, -0.2) is 0 Å². The van der Waals surface area contributed by atoms with Gasteiger partial charge in [0.15, 0.2) is 0 Å². The molecular weight excluding hydrogens is 234 g/mol. The van der Waals surface area contributed by atoms with E-state index in [0.717, 1.165) is 24.8 Å². The molecule has 2 aliphatic rings. The topological polar surface area (TPSA) is 23.5 Å². The number of unbranched alkanes of at least 4 members (excludes halogenated alkanes) is 1. The van der Waals surface area contributed by atoms with Crippen molar-refractivity contribution in [1.82, 2.24) is 4.90 Å². The number of hydrogen-bond donors (Lipinski definition) is 1. The Balaban J connectivity index is 2.09. The first-order valence-electron chi connectivity index (χ1n) is 8.37. The van der Waals surface area contributed by atoms with Crippen LogP contribution < -0.4 is 0 Å². The predicted molar refractivity (Wildman–Crippen MR) is 81.2 cm³/mol. The van der Waals surface area contributed by atoms with E-state index >= 15 is 0 Å². The van der Waals surface area contributed by atoms with Gasteiger partial charge in [-0.15, -0.1) is 0 Å². The molecule has 0 aromatic heterocycles. The Morgan fingerprint density at radius 2 is 1.79 bits per heavy atom. The summed E-state index contributed by atoms with van der Waals surface area (Å²) in [6.45, 7) is 10.7. The highest BCUT2D eigenvalue weighted by molar-refractivity contribution is 4.97. The van der Waals surface area contributed by atoms with Crippen molar-refractivity contribution < 1.29 is 5.11 Å². The summed E-state index contributed by atoms with van der Waals surface area (Å²) in [6.07, 6.45) is 8.49. The zero-order valence-corrected chi connectivity index (χ0v) is 13.4. The fraction of sp³-hybridized carbons (Fsp3) is 1.00. The van der Waals surface area contributed by atoms with Gasteiger partial charge in [0.25, 0.3) is 0 Å². The molecule has 2 saturated carbocycles. The van der Waals surface area contributed by atoms with E-state index in [9.17, 15) is 5.11 Å². The van der Waals surface area contributed by atoms with Gasteiger partial charge in [0.05, 0.1) is 6.10 Å². The lowest BCUT2D eigenvalue weighted by molar-refractivity contribution is -0.0155. The van der Waals surface area contributed by atoms with Crippen molar-refractivity contribution in [1.29, 1.82) is 0 Å². The van der Waals surface area contributed by atoms with E-state index in [1.165, 1.54) is 38.6 Å². The number of nitrogens with zero attached hydrogens (tertiary/aromatic N) is 1. The summed E-state index contributed by atoms with van der Waals surface area (Å²) in [5, 5.41) is 10.1. The Morgan fingerprint density at radius 3 is 2.32 bits per heavy atom. The minimum Gasteiger partial charge on any atom is -0.393 e. The van der Waals surface area contributed by atoms with Crippen molar-refractivity contribution in [2.45, 2.75) is 90.8 Å². The fourth-order valence-corrected chi connectivity index (χ4v) is 3.87. The van der Waals surface area contributed by atoms with Crippen molar-refractivity contribution in [3.8, 4) is 0 Å². The van der Waals surface area contributed by atoms with Crippen molar-refractivity contribution >= 4 is 0 Å². The van der Waals surface area contributed by atoms with Crippen LogP contribution in [0.4, 0.5) is 0 Å². The molecule has 19 heavy (non-hydrogen) atoms. The SMILES string of the molecule is CCCCN(C1CC1)C1CC(O)CCC1C(C)(C)C. The van der Waals surface area contributed by atoms with Crippen LogP contribution >= 0.6 is 0 Å². The summed E-state index contributed by atoms with van der Waals surface area (Å²) >= 11 is 0. The van der Waals surface area contributed by atoms with Crippen LogP contribution in [-0.2, 0) is 0 Å². The van der Waals surface area contributed by atoms with Gasteiger partial charge in [-0.05, 0) is 56.4 Å². The van der Waals surface area contributed by atoms with Gasteiger partial charge in [0.2, 0.25) is 0 Å². The second-order valence-corrected chi connectivity index (χ2v) is 7.83. The minimum absolute atomic E-state index is 0.0634. The monoisotopic (exact) mass is 267 g/mol. The molecule has 3 atom stereocenters. The molecule has 0 bridgehead atoms. The maximum atomic E-state index is 10.1. The smallest absolute Gasteiger partial charge is 0.0555 e. The third-order valence-electron chi connectivity index (χ3n) is 5.11. The summed E-state index contributed by atoms with van der Waals surface area (Å²) < 4.78 is 0. The average Bonchev–Trinajstić information content (AvgIpc) is 3.12. The minimum atomic E-state index is -0.0634. The molecule has 2 aliphatic carbocycles. The molecule has 0 amide bonds. The molecule has 0 aromatic carbocycles. The molecule has 2 heteroatoms. The molecule has 3 unspecified atom stereocenters. The number of rotatable bonds is 5. The highest BCUT2D eigenvalue weighted by Gasteiger charge is 2.43. The lowest BCUT2D eigenvalue weighted by Crippen LogP contribution is -2.50. The number of aliphatic hydroxyl groups is 1. The van der Waals surface area contributed by atoms with Crippen molar-refractivity contribution in [2.24, 2.45) is 11.3 Å². The van der Waals surface area contributed by atoms with Crippen molar-refractivity contribution in [3.63, 3.8) is 0 Å². The molecule has 112 valence electrons. The van der Waals surface area contributed by atoms with E-state index in [1.54, 1.807) is 0 Å². The van der Waals surface area contributed by atoms with E-state index < -0.39 is 0 Å². The van der Waals surface area contributed by atoms with E-state index in [2.05, 4.69) is 32.6 Å². The second-order valence-electron chi connectivity index (χ2n) is 7.83. The van der Waals surface area contributed by atoms with Gasteiger partial charge in [0, 0.05) is 12.1 Å². The first kappa shape index (κ1) is 15.3. The molecule has 0 radical (unpaired) electrons. The van der Waals surface area contributed by atoms with E-state index in [-0.39, 0.29) is 6.10 Å². The van der Waals surface area contributed by atoms with Gasteiger partial charge < -0.3 is 5.11 Å². The summed E-state index contributed by atoms with van der Waals surface area (Å²) in [5.74, 6) is 0.744. The molecule has 0 aliphatic heterocycles. The van der Waals surface area contributed by atoms with Gasteiger partial charge >= 0.3 is 0 Å². The van der Waals surface area contributed by atoms with Crippen LogP contribution in [0.5, 0.6) is 0 Å². The molecule has 0 aromatic rings. The molecule has 2 rings (SSSR count). The quantitative estimate of drug-likeness (QED) is 0.818. The van der Waals surface area contributed by atoms with Gasteiger partial charge in [-0.2, -0.15) is 0 Å². The lowest BCUT2D eigenvalue weighted by Gasteiger charge is -2.47. The predicted octanol–water partition coefficient (Wildman–Crippen LogP) is 3.83. The van der Waals surface area contributed by atoms with Crippen LogP contribution in [0.1, 0.15) is 72.6 Å². The first-order chi connectivity index (χ1) is 8.93. The normalized spacial score (nSPS) is 32.8. The molecule has 2 fully saturated rings. The third-order valence-corrected chi connectivity index (χ3v) is 5.11. The largest absolute Gasteiger partial charge is 0.393 e. The Kier molecular flexibility index (Phi) is 4.94. The van der Waals surface area contributed by atoms with Crippen LogP contribution in [0, 0.1) is 11.3 Å². The van der Waals surface area contributed by atoms with Crippen LogP contribution in [-0.4, -0.2) is 34.7 Å². The average molecular weight is 267 g/mol. The molecule has 0 heterocycles. The second kappa shape index (κ2) is 6.13. The van der Waals surface area contributed by atoms with Gasteiger partial charge in [-0.3, -0.25) is 4.90 Å². The zero-order chi connectivity index (χ0) is 14.0. The molecule has 0 spiro atoms. The molecular formula is C17H33NO. The van der Waals surface area contributed by atoms with E-state index in [1.807, 2.05) is 0 Å². The summed E-state index contributed by atoms with van der Waals surface area (Å²) in [7, 11) is 0. The Bertz CT molecular complexity index is 279. The van der Waals surface area contributed by atoms with Gasteiger partial charge in [-0.1, -0.05) is 34.1 Å². The highest BCUT2D eigenvalue weighted by atomic mass is 16.3. The number of hydrogen-bond acceptors (Lipinski definition) is 2. The molecule has 2 nitrogen and oxygen atoms in total. The Hall–Kier alpha value is -0.0800. The number of aliphatic hydroxyl groups excluding tert-OH is 1. The molecule has 0 saturated heterocycles. The fourth-order valence-electron chi connectivity index (χ4n) is 3.87. The van der Waals surface area contributed by atoms with Crippen LogP contribution in [0.3, 0.4) is 0 Å². The third kappa shape index (κ3) is 3.95. The summed E-state index contributed by atoms with van der Waals surface area (Å²) in [4.78, 5) is 2.77. The molecule has 1 N–H and O–H groups in total. The van der Waals surface area contributed by atoms with Crippen molar-refractivity contribution in [3.05, 3.63) is 0 Å². The first-order valence-corrected chi connectivity index (χ1v) is 8.37. The lowest BCUT2D eigenvalue weighted by atomic mass is 9.68. The summed E-state index contributed by atoms with van der Waals surface area (Å²) in [5.41, 5.74) is 0.365. The summed E-state index contributed by atoms with van der Waals surface area (Å²) in [6, 6.07) is 1.44. The zero-order valence-electron chi connectivity index (χ0n) is 13.4. The van der Waals surface area contributed by atoms with Crippen LogP contribution in [0.25, 0.3) is 0 Å². The maximum Gasteiger partial charge on any atom is 0.0555 e. The van der Waals surface area contributed by atoms with Crippen molar-refractivity contribution in [2.75, 3.05) is 6.54 Å². The standard InChI is InChI=1S/C17H33NO/c1-5-6-11-18(13-7-8-13)16-12-14(19)9-10-15(16)17(2,3)4/h13-16,19H,5-12H2,1-4H3. The maximum absolute atomic E-state index is 10.1. The van der Waals surface area contributed by atoms with E-state index in [4.69, 9.17) is 0 Å². The van der Waals surface area contributed by atoms with Gasteiger partial charge in [0.1, 0.15) is 0 Å². The van der Waals surface area contributed by atoms with E-state index in [0.29, 0.717) is 11.5 Å². The van der Waals surface area contributed by atoms with Crippen LogP contribution in [0.15, 0.2) is 0 Å². The highest BCUT2D eigenvalue weighted by Crippen LogP contribution is 2.43. The Labute approximate surface area is 119 Å². The Morgan fingerprint density at radius 1 is 1.11 bits per heavy atom. The van der Waals surface area contributed by atoms with Crippen LogP contribution in [0.2, 0.25) is 0 Å².